The summed E-state index contributed by atoms with van der Waals surface area (Å²) in [4.78, 5) is 12.3. The molecule has 0 saturated carbocycles. The summed E-state index contributed by atoms with van der Waals surface area (Å²) in [5.41, 5.74) is 3.83. The minimum absolute atomic E-state index is 0.308. The third-order valence-electron chi connectivity index (χ3n) is 4.32. The molecule has 0 heterocycles. The molecule has 6 heteroatoms. The molecule has 29 heavy (non-hydrogen) atoms. The summed E-state index contributed by atoms with van der Waals surface area (Å²) < 4.78 is 16.5. The molecule has 0 aliphatic carbocycles. The number of carbonyl (C=O) groups excluding carboxylic acids is 1. The molecule has 3 aromatic carbocycles. The number of hydrazone groups is 1. The fourth-order valence-corrected chi connectivity index (χ4v) is 2.94. The molecule has 0 atom stereocenters. The van der Waals surface area contributed by atoms with Crippen LogP contribution in [-0.4, -0.2) is 32.4 Å². The van der Waals surface area contributed by atoms with Crippen LogP contribution >= 0.6 is 0 Å². The lowest BCUT2D eigenvalue weighted by Crippen LogP contribution is -2.17. The van der Waals surface area contributed by atoms with E-state index in [0.29, 0.717) is 30.3 Å². The van der Waals surface area contributed by atoms with Crippen LogP contribution in [0.3, 0.4) is 0 Å². The molecule has 1 amide bonds. The Hall–Kier alpha value is -3.54. The predicted octanol–water partition coefficient (Wildman–Crippen LogP) is 4.41. The Morgan fingerprint density at radius 3 is 2.34 bits per heavy atom. The van der Waals surface area contributed by atoms with Crippen molar-refractivity contribution in [1.29, 1.82) is 0 Å². The molecule has 0 aliphatic heterocycles. The Balaban J connectivity index is 1.88. The van der Waals surface area contributed by atoms with Crippen molar-refractivity contribution in [3.05, 3.63) is 65.7 Å². The number of rotatable bonds is 8. The summed E-state index contributed by atoms with van der Waals surface area (Å²) in [6.45, 7) is 4.97. The second-order valence-electron chi connectivity index (χ2n) is 6.15. The summed E-state index contributed by atoms with van der Waals surface area (Å²) in [6, 6.07) is 16.6. The van der Waals surface area contributed by atoms with Gasteiger partial charge < -0.3 is 14.2 Å². The summed E-state index contributed by atoms with van der Waals surface area (Å²) in [5, 5.41) is 6.11. The first-order valence-electron chi connectivity index (χ1n) is 9.46. The summed E-state index contributed by atoms with van der Waals surface area (Å²) in [5.74, 6) is 1.84. The second kappa shape index (κ2) is 9.59. The van der Waals surface area contributed by atoms with Crippen molar-refractivity contribution in [1.82, 2.24) is 5.43 Å². The van der Waals surface area contributed by atoms with Gasteiger partial charge in [-0.2, -0.15) is 5.10 Å². The van der Waals surface area contributed by atoms with Gasteiger partial charge in [-0.1, -0.05) is 12.1 Å². The Bertz CT molecular complexity index is 1010. The van der Waals surface area contributed by atoms with Gasteiger partial charge in [0.05, 0.1) is 26.5 Å². The maximum absolute atomic E-state index is 12.3. The van der Waals surface area contributed by atoms with Crippen molar-refractivity contribution < 1.29 is 19.0 Å². The van der Waals surface area contributed by atoms with Crippen LogP contribution in [0.5, 0.6) is 17.2 Å². The number of fused-ring (bicyclic) bond motifs is 1. The van der Waals surface area contributed by atoms with E-state index in [-0.39, 0.29) is 5.91 Å². The predicted molar refractivity (Wildman–Crippen MR) is 114 cm³/mol. The highest BCUT2D eigenvalue weighted by atomic mass is 16.5. The highest BCUT2D eigenvalue weighted by Crippen LogP contribution is 2.30. The molecule has 150 valence electrons. The molecular weight excluding hydrogens is 368 g/mol. The molecule has 0 bridgehead atoms. The maximum atomic E-state index is 12.3. The first-order chi connectivity index (χ1) is 14.2. The van der Waals surface area contributed by atoms with Gasteiger partial charge in [0.15, 0.2) is 0 Å². The normalized spacial score (nSPS) is 10.9. The first kappa shape index (κ1) is 20.2. The van der Waals surface area contributed by atoms with Crippen LogP contribution < -0.4 is 19.6 Å². The third kappa shape index (κ3) is 4.85. The molecule has 0 fully saturated rings. The second-order valence-corrected chi connectivity index (χ2v) is 6.15. The Morgan fingerprint density at radius 1 is 0.966 bits per heavy atom. The van der Waals surface area contributed by atoms with E-state index in [9.17, 15) is 4.79 Å². The Labute approximate surface area is 170 Å². The van der Waals surface area contributed by atoms with Gasteiger partial charge in [0.25, 0.3) is 5.91 Å². The lowest BCUT2D eigenvalue weighted by Gasteiger charge is -2.12. The zero-order valence-electron chi connectivity index (χ0n) is 16.8. The summed E-state index contributed by atoms with van der Waals surface area (Å²) in [7, 11) is 1.58. The van der Waals surface area contributed by atoms with Gasteiger partial charge in [0.2, 0.25) is 0 Å². The monoisotopic (exact) mass is 392 g/mol. The largest absolute Gasteiger partial charge is 0.497 e. The van der Waals surface area contributed by atoms with Crippen molar-refractivity contribution >= 4 is 22.9 Å². The zero-order chi connectivity index (χ0) is 20.6. The SMILES string of the molecule is CCOc1ccc2ccc(OCC)c(/C=N/NC(=O)c3ccc(OC)cc3)c2c1. The van der Waals surface area contributed by atoms with E-state index in [4.69, 9.17) is 14.2 Å². The number of amides is 1. The smallest absolute Gasteiger partial charge is 0.271 e. The van der Waals surface area contributed by atoms with Gasteiger partial charge in [-0.25, -0.2) is 5.43 Å². The average Bonchev–Trinajstić information content (AvgIpc) is 2.75. The van der Waals surface area contributed by atoms with E-state index < -0.39 is 0 Å². The molecule has 0 spiro atoms. The van der Waals surface area contributed by atoms with E-state index in [1.165, 1.54) is 0 Å². The lowest BCUT2D eigenvalue weighted by molar-refractivity contribution is 0.0955. The Kier molecular flexibility index (Phi) is 6.68. The zero-order valence-corrected chi connectivity index (χ0v) is 16.8. The number of nitrogens with one attached hydrogen (secondary N) is 1. The summed E-state index contributed by atoms with van der Waals surface area (Å²) >= 11 is 0. The Morgan fingerprint density at radius 2 is 1.66 bits per heavy atom. The van der Waals surface area contributed by atoms with Gasteiger partial charge in [0.1, 0.15) is 17.2 Å². The topological polar surface area (TPSA) is 69.2 Å². The minimum Gasteiger partial charge on any atom is -0.497 e. The van der Waals surface area contributed by atoms with Gasteiger partial charge in [-0.05, 0) is 67.1 Å². The number of benzene rings is 3. The summed E-state index contributed by atoms with van der Waals surface area (Å²) in [6.07, 6.45) is 1.60. The van der Waals surface area contributed by atoms with Crippen LogP contribution in [0.25, 0.3) is 10.8 Å². The van der Waals surface area contributed by atoms with E-state index in [2.05, 4.69) is 10.5 Å². The molecular formula is C23H24N2O4. The molecule has 0 aromatic heterocycles. The molecule has 0 unspecified atom stereocenters. The number of methoxy groups -OCH3 is 1. The number of ether oxygens (including phenoxy) is 3. The molecule has 6 nitrogen and oxygen atoms in total. The molecule has 1 N–H and O–H groups in total. The van der Waals surface area contributed by atoms with Crippen LogP contribution in [0.4, 0.5) is 0 Å². The molecule has 0 saturated heterocycles. The number of hydrogen-bond donors (Lipinski definition) is 1. The van der Waals surface area contributed by atoms with Crippen molar-refractivity contribution in [2.45, 2.75) is 13.8 Å². The minimum atomic E-state index is -0.308. The van der Waals surface area contributed by atoms with Crippen molar-refractivity contribution in [3.63, 3.8) is 0 Å². The van der Waals surface area contributed by atoms with Crippen LogP contribution in [-0.2, 0) is 0 Å². The molecule has 0 aliphatic rings. The van der Waals surface area contributed by atoms with Gasteiger partial charge in [0, 0.05) is 11.1 Å². The van der Waals surface area contributed by atoms with Crippen molar-refractivity contribution in [2.75, 3.05) is 20.3 Å². The molecule has 0 radical (unpaired) electrons. The van der Waals surface area contributed by atoms with Crippen LogP contribution in [0.15, 0.2) is 59.7 Å². The fourth-order valence-electron chi connectivity index (χ4n) is 2.94. The van der Waals surface area contributed by atoms with E-state index in [1.54, 1.807) is 37.6 Å². The molecule has 3 rings (SSSR count). The average molecular weight is 392 g/mol. The standard InChI is InChI=1S/C23H24N2O4/c1-4-28-19-12-6-16-9-13-22(29-5-2)21(20(16)14-19)15-24-25-23(26)17-7-10-18(27-3)11-8-17/h6-15H,4-5H2,1-3H3,(H,25,26)/b24-15+. The van der Waals surface area contributed by atoms with Crippen LogP contribution in [0, 0.1) is 0 Å². The number of nitrogens with zero attached hydrogens (tertiary/aromatic N) is 1. The van der Waals surface area contributed by atoms with E-state index >= 15 is 0 Å². The number of carbonyl (C=O) groups is 1. The first-order valence-corrected chi connectivity index (χ1v) is 9.46. The lowest BCUT2D eigenvalue weighted by atomic mass is 10.0. The third-order valence-corrected chi connectivity index (χ3v) is 4.32. The molecule has 3 aromatic rings. The number of hydrogen-bond acceptors (Lipinski definition) is 5. The highest BCUT2D eigenvalue weighted by molar-refractivity contribution is 6.03. The van der Waals surface area contributed by atoms with E-state index in [0.717, 1.165) is 22.1 Å². The fraction of sp³-hybridized carbons (Fsp3) is 0.217. The van der Waals surface area contributed by atoms with Gasteiger partial charge in [-0.3, -0.25) is 4.79 Å². The van der Waals surface area contributed by atoms with Crippen molar-refractivity contribution in [2.24, 2.45) is 5.10 Å². The van der Waals surface area contributed by atoms with Gasteiger partial charge in [-0.15, -0.1) is 0 Å². The quantitative estimate of drug-likeness (QED) is 0.455. The maximum Gasteiger partial charge on any atom is 0.271 e. The van der Waals surface area contributed by atoms with E-state index in [1.807, 2.05) is 44.2 Å². The van der Waals surface area contributed by atoms with Crippen molar-refractivity contribution in [3.8, 4) is 17.2 Å². The van der Waals surface area contributed by atoms with Crippen LogP contribution in [0.1, 0.15) is 29.8 Å². The highest BCUT2D eigenvalue weighted by Gasteiger charge is 2.09. The van der Waals surface area contributed by atoms with Crippen LogP contribution in [0.2, 0.25) is 0 Å². The van der Waals surface area contributed by atoms with Gasteiger partial charge >= 0.3 is 0 Å².